The first-order valence-electron chi connectivity index (χ1n) is 13.6. The fraction of sp³-hybridized carbons (Fsp3) is 0.519. The predicted molar refractivity (Wildman–Crippen MR) is 150 cm³/mol. The van der Waals surface area contributed by atoms with Gasteiger partial charge < -0.3 is 20.4 Å². The van der Waals surface area contributed by atoms with Crippen LogP contribution >= 0.6 is 22.9 Å². The van der Waals surface area contributed by atoms with Gasteiger partial charge in [-0.1, -0.05) is 11.6 Å². The minimum Gasteiger partial charge on any atom is -0.340 e. The molecule has 0 bridgehead atoms. The minimum absolute atomic E-state index is 0.0330. The maximum Gasteiger partial charge on any atom is 0.276 e. The van der Waals surface area contributed by atoms with Crippen LogP contribution in [0.4, 0.5) is 11.5 Å². The first kappa shape index (κ1) is 25.0. The lowest BCUT2D eigenvalue weighted by Gasteiger charge is -2.39. The molecule has 2 atom stereocenters. The van der Waals surface area contributed by atoms with E-state index >= 15 is 0 Å². The van der Waals surface area contributed by atoms with Crippen molar-refractivity contribution in [3.8, 4) is 0 Å². The summed E-state index contributed by atoms with van der Waals surface area (Å²) in [4.78, 5) is 54.9. The molecule has 5 heterocycles. The Bertz CT molecular complexity index is 1600. The monoisotopic (exact) mass is 567 g/mol. The largest absolute Gasteiger partial charge is 0.340 e. The second-order valence-corrected chi connectivity index (χ2v) is 12.8. The fourth-order valence-corrected chi connectivity index (χ4v) is 8.08. The summed E-state index contributed by atoms with van der Waals surface area (Å²) >= 11 is 8.12. The molecule has 1 saturated heterocycles. The number of pyridine rings is 1. The van der Waals surface area contributed by atoms with E-state index in [4.69, 9.17) is 11.6 Å². The number of aromatic nitrogens is 3. The summed E-state index contributed by atoms with van der Waals surface area (Å²) in [6, 6.07) is 1.88. The molecule has 0 aromatic carbocycles. The maximum absolute atomic E-state index is 13.6. The Balaban J connectivity index is 1.20. The molecule has 3 aromatic heterocycles. The zero-order chi connectivity index (χ0) is 27.1. The van der Waals surface area contributed by atoms with Crippen LogP contribution in [0, 0.1) is 5.92 Å². The van der Waals surface area contributed by atoms with Crippen molar-refractivity contribution >= 4 is 56.5 Å². The third-order valence-electron chi connectivity index (χ3n) is 9.04. The molecule has 2 N–H and O–H groups in total. The molecule has 39 heavy (non-hydrogen) atoms. The number of halogens is 1. The van der Waals surface area contributed by atoms with Gasteiger partial charge in [-0.25, -0.2) is 9.97 Å². The summed E-state index contributed by atoms with van der Waals surface area (Å²) in [7, 11) is 2.11. The van der Waals surface area contributed by atoms with Crippen molar-refractivity contribution in [1.29, 1.82) is 0 Å². The molecule has 2 aliphatic carbocycles. The van der Waals surface area contributed by atoms with E-state index in [1.807, 2.05) is 4.90 Å². The SMILES string of the molecule is CC1CN(C(=O)[C@H]2CCc3c(sc4ncnc(Nc5cc(Cl)c6n(c5=O)C5(CCC5)NC6=O)c34)C2)CCN1C. The predicted octanol–water partition coefficient (Wildman–Crippen LogP) is 3.10. The highest BCUT2D eigenvalue weighted by Crippen LogP contribution is 2.43. The van der Waals surface area contributed by atoms with E-state index in [0.717, 1.165) is 59.6 Å². The standard InChI is InChI=1S/C27H30ClN7O3S/c1-14-12-34(9-8-33(14)2)25(37)15-4-5-16-19(10-15)39-24-20(16)22(29-13-30-24)31-18-11-17(28)21-23(36)32-27(6-3-7-27)35(21)26(18)38/h11,13-15H,3-10,12H2,1-2H3,(H,32,36)(H,29,30,31)/t14?,15-/m0/s1. The third-order valence-corrected chi connectivity index (χ3v) is 10.5. The third kappa shape index (κ3) is 3.81. The van der Waals surface area contributed by atoms with Gasteiger partial charge in [0, 0.05) is 36.5 Å². The fourth-order valence-electron chi connectivity index (χ4n) is 6.53. The molecule has 0 radical (unpaired) electrons. The Labute approximate surface area is 234 Å². The van der Waals surface area contributed by atoms with Crippen LogP contribution in [-0.2, 0) is 23.3 Å². The Hall–Kier alpha value is -3.02. The molecular formula is C27H30ClN7O3S. The summed E-state index contributed by atoms with van der Waals surface area (Å²) < 4.78 is 1.53. The normalized spacial score (nSPS) is 23.9. The second-order valence-electron chi connectivity index (χ2n) is 11.3. The first-order chi connectivity index (χ1) is 18.8. The van der Waals surface area contributed by atoms with E-state index in [-0.39, 0.29) is 39.7 Å². The zero-order valence-corrected chi connectivity index (χ0v) is 23.5. The van der Waals surface area contributed by atoms with Crippen molar-refractivity contribution < 1.29 is 9.59 Å². The summed E-state index contributed by atoms with van der Waals surface area (Å²) in [5.41, 5.74) is 0.665. The highest BCUT2D eigenvalue weighted by molar-refractivity contribution is 7.19. The number of nitrogens with zero attached hydrogens (tertiary/aromatic N) is 5. The number of amides is 2. The summed E-state index contributed by atoms with van der Waals surface area (Å²) in [5.74, 6) is 0.449. The number of rotatable bonds is 3. The van der Waals surface area contributed by atoms with Gasteiger partial charge in [0.05, 0.1) is 10.4 Å². The molecule has 7 rings (SSSR count). The highest BCUT2D eigenvalue weighted by atomic mass is 35.5. The number of hydrogen-bond acceptors (Lipinski definition) is 8. The van der Waals surface area contributed by atoms with Gasteiger partial charge in [-0.3, -0.25) is 19.0 Å². The Morgan fingerprint density at radius 3 is 2.82 bits per heavy atom. The van der Waals surface area contributed by atoms with Crippen LogP contribution in [0.1, 0.15) is 53.5 Å². The van der Waals surface area contributed by atoms with Gasteiger partial charge in [-0.05, 0) is 64.1 Å². The molecule has 204 valence electrons. The lowest BCUT2D eigenvalue weighted by Crippen LogP contribution is -2.53. The molecular weight excluding hydrogens is 538 g/mol. The van der Waals surface area contributed by atoms with Gasteiger partial charge in [-0.2, -0.15) is 0 Å². The van der Waals surface area contributed by atoms with E-state index in [1.165, 1.54) is 17.0 Å². The molecule has 2 fully saturated rings. The first-order valence-corrected chi connectivity index (χ1v) is 14.7. The van der Waals surface area contributed by atoms with Crippen LogP contribution in [0.2, 0.25) is 5.02 Å². The number of fused-ring (bicyclic) bond motifs is 5. The molecule has 1 saturated carbocycles. The zero-order valence-electron chi connectivity index (χ0n) is 21.9. The van der Waals surface area contributed by atoms with E-state index < -0.39 is 5.66 Å². The van der Waals surface area contributed by atoms with Crippen molar-refractivity contribution in [2.45, 2.75) is 57.2 Å². The van der Waals surface area contributed by atoms with Gasteiger partial charge in [0.2, 0.25) is 5.91 Å². The maximum atomic E-state index is 13.6. The van der Waals surface area contributed by atoms with Crippen molar-refractivity contribution in [2.75, 3.05) is 32.0 Å². The summed E-state index contributed by atoms with van der Waals surface area (Å²) in [5, 5.41) is 7.33. The van der Waals surface area contributed by atoms with Crippen LogP contribution in [0.25, 0.3) is 10.2 Å². The molecule has 10 nitrogen and oxygen atoms in total. The average molecular weight is 568 g/mol. The molecule has 1 unspecified atom stereocenters. The molecule has 4 aliphatic rings. The summed E-state index contributed by atoms with van der Waals surface area (Å²) in [6.45, 7) is 4.61. The summed E-state index contributed by atoms with van der Waals surface area (Å²) in [6.07, 6.45) is 6.05. The van der Waals surface area contributed by atoms with Gasteiger partial charge in [0.25, 0.3) is 11.5 Å². The number of piperazine rings is 1. The van der Waals surface area contributed by atoms with E-state index in [2.05, 4.69) is 39.5 Å². The number of aryl methyl sites for hydroxylation is 1. The molecule has 2 amide bonds. The number of anilines is 2. The Morgan fingerprint density at radius 1 is 1.26 bits per heavy atom. The van der Waals surface area contributed by atoms with Crippen molar-refractivity contribution in [3.63, 3.8) is 0 Å². The Morgan fingerprint density at radius 2 is 2.08 bits per heavy atom. The molecule has 1 spiro atoms. The number of likely N-dealkylation sites (N-methyl/N-ethyl adjacent to an activating group) is 1. The van der Waals surface area contributed by atoms with E-state index in [1.54, 1.807) is 11.3 Å². The Kier molecular flexibility index (Phi) is 5.77. The van der Waals surface area contributed by atoms with E-state index in [0.29, 0.717) is 31.1 Å². The van der Waals surface area contributed by atoms with Gasteiger partial charge in [-0.15, -0.1) is 11.3 Å². The number of carbonyl (C=O) groups is 2. The second kappa shape index (κ2) is 9.00. The number of carbonyl (C=O) groups excluding carboxylic acids is 2. The van der Waals surface area contributed by atoms with Crippen LogP contribution in [0.15, 0.2) is 17.2 Å². The quantitative estimate of drug-likeness (QED) is 0.500. The number of hydrogen-bond donors (Lipinski definition) is 2. The van der Waals surface area contributed by atoms with Gasteiger partial charge >= 0.3 is 0 Å². The van der Waals surface area contributed by atoms with Crippen LogP contribution < -0.4 is 16.2 Å². The molecule has 12 heteroatoms. The average Bonchev–Trinajstić information content (AvgIpc) is 3.44. The highest BCUT2D eigenvalue weighted by Gasteiger charge is 2.49. The molecule has 3 aromatic rings. The smallest absolute Gasteiger partial charge is 0.276 e. The van der Waals surface area contributed by atoms with Gasteiger partial charge in [0.1, 0.15) is 34.0 Å². The topological polar surface area (TPSA) is 112 Å². The van der Waals surface area contributed by atoms with Crippen molar-refractivity contribution in [1.82, 2.24) is 29.7 Å². The van der Waals surface area contributed by atoms with Crippen molar-refractivity contribution in [3.05, 3.63) is 43.9 Å². The van der Waals surface area contributed by atoms with Crippen LogP contribution in [0.3, 0.4) is 0 Å². The lowest BCUT2D eigenvalue weighted by molar-refractivity contribution is -0.138. The van der Waals surface area contributed by atoms with Crippen LogP contribution in [-0.4, -0.2) is 68.9 Å². The van der Waals surface area contributed by atoms with Crippen LogP contribution in [0.5, 0.6) is 0 Å². The lowest BCUT2D eigenvalue weighted by atomic mass is 9.85. The molecule has 2 aliphatic heterocycles. The minimum atomic E-state index is -0.684. The van der Waals surface area contributed by atoms with E-state index in [9.17, 15) is 14.4 Å². The number of thiophene rings is 1. The van der Waals surface area contributed by atoms with Crippen molar-refractivity contribution in [2.24, 2.45) is 5.92 Å². The number of nitrogens with one attached hydrogen (secondary N) is 2. The van der Waals surface area contributed by atoms with Gasteiger partial charge in [0.15, 0.2) is 0 Å².